The third kappa shape index (κ3) is 3.40. The molecule has 1 aliphatic carbocycles. The predicted octanol–water partition coefficient (Wildman–Crippen LogP) is 4.36. The molecule has 0 radical (unpaired) electrons. The summed E-state index contributed by atoms with van der Waals surface area (Å²) >= 11 is 0. The molecule has 0 spiro atoms. The van der Waals surface area contributed by atoms with Crippen molar-refractivity contribution in [2.24, 2.45) is 11.8 Å². The highest BCUT2D eigenvalue weighted by molar-refractivity contribution is 5.71. The fourth-order valence-corrected chi connectivity index (χ4v) is 4.90. The van der Waals surface area contributed by atoms with Crippen LogP contribution in [0.2, 0.25) is 0 Å². The van der Waals surface area contributed by atoms with Crippen LogP contribution in [-0.2, 0) is 6.42 Å². The molecule has 6 nitrogen and oxygen atoms in total. The van der Waals surface area contributed by atoms with Crippen LogP contribution in [0.25, 0.3) is 5.57 Å². The van der Waals surface area contributed by atoms with Crippen molar-refractivity contribution in [3.63, 3.8) is 0 Å². The van der Waals surface area contributed by atoms with E-state index in [9.17, 15) is 5.11 Å². The summed E-state index contributed by atoms with van der Waals surface area (Å²) in [5.41, 5.74) is 6.68. The Morgan fingerprint density at radius 1 is 1.13 bits per heavy atom. The van der Waals surface area contributed by atoms with E-state index in [1.165, 1.54) is 5.69 Å². The highest BCUT2D eigenvalue weighted by atomic mass is 16.3. The molecule has 3 heterocycles. The molecule has 156 valence electrons. The SMILES string of the molecule is CC(C)C1=C(O)CCc2cnc(Nc3ccc(N4CC5=CN(C)CC5C4)cc3)nc21. The summed E-state index contributed by atoms with van der Waals surface area (Å²) in [5.74, 6) is 1.92. The van der Waals surface area contributed by atoms with Crippen molar-refractivity contribution in [2.45, 2.75) is 26.7 Å². The Kier molecular flexibility index (Phi) is 4.65. The maximum Gasteiger partial charge on any atom is 0.227 e. The second-order valence-corrected chi connectivity index (χ2v) is 8.98. The third-order valence-corrected chi connectivity index (χ3v) is 6.36. The molecule has 1 atom stereocenters. The van der Waals surface area contributed by atoms with Gasteiger partial charge in [0.1, 0.15) is 0 Å². The molecule has 0 bridgehead atoms. The van der Waals surface area contributed by atoms with Crippen molar-refractivity contribution in [3.05, 3.63) is 59.3 Å². The number of hydrogen-bond acceptors (Lipinski definition) is 6. The monoisotopic (exact) mass is 403 g/mol. The molecule has 1 saturated heterocycles. The summed E-state index contributed by atoms with van der Waals surface area (Å²) in [5, 5.41) is 13.7. The average molecular weight is 404 g/mol. The number of aliphatic hydroxyl groups excluding tert-OH is 1. The normalized spacial score (nSPS) is 20.5. The van der Waals surface area contributed by atoms with Crippen molar-refractivity contribution in [3.8, 4) is 0 Å². The first-order valence-electron chi connectivity index (χ1n) is 10.8. The van der Waals surface area contributed by atoms with Crippen molar-refractivity contribution in [1.29, 1.82) is 0 Å². The summed E-state index contributed by atoms with van der Waals surface area (Å²) in [7, 11) is 2.15. The van der Waals surface area contributed by atoms with E-state index in [2.05, 4.69) is 71.5 Å². The van der Waals surface area contributed by atoms with E-state index in [0.717, 1.165) is 48.6 Å². The summed E-state index contributed by atoms with van der Waals surface area (Å²) in [6.45, 7) is 7.42. The highest BCUT2D eigenvalue weighted by Crippen LogP contribution is 2.35. The van der Waals surface area contributed by atoms with Crippen LogP contribution < -0.4 is 10.2 Å². The quantitative estimate of drug-likeness (QED) is 0.791. The number of nitrogens with zero attached hydrogens (tertiary/aromatic N) is 4. The van der Waals surface area contributed by atoms with Gasteiger partial charge in [0.2, 0.25) is 5.95 Å². The Balaban J connectivity index is 1.32. The highest BCUT2D eigenvalue weighted by Gasteiger charge is 2.32. The fourth-order valence-electron chi connectivity index (χ4n) is 4.90. The molecule has 1 aromatic heterocycles. The molecule has 30 heavy (non-hydrogen) atoms. The molecule has 0 saturated carbocycles. The molecule has 3 aliphatic rings. The Morgan fingerprint density at radius 2 is 1.93 bits per heavy atom. The molecule has 0 amide bonds. The number of aliphatic hydroxyl groups is 1. The number of allylic oxidation sites excluding steroid dienone is 2. The van der Waals surface area contributed by atoms with Gasteiger partial charge in [-0.05, 0) is 47.7 Å². The van der Waals surface area contributed by atoms with Crippen LogP contribution in [0.1, 0.15) is 31.5 Å². The van der Waals surface area contributed by atoms with Gasteiger partial charge in [-0.3, -0.25) is 0 Å². The molecule has 1 fully saturated rings. The van der Waals surface area contributed by atoms with E-state index in [0.29, 0.717) is 24.0 Å². The number of benzene rings is 1. The van der Waals surface area contributed by atoms with Gasteiger partial charge in [-0.15, -0.1) is 0 Å². The number of anilines is 3. The third-order valence-electron chi connectivity index (χ3n) is 6.36. The summed E-state index contributed by atoms with van der Waals surface area (Å²) in [6.07, 6.45) is 5.64. The maximum absolute atomic E-state index is 10.4. The number of fused-ring (bicyclic) bond motifs is 2. The largest absolute Gasteiger partial charge is 0.512 e. The standard InChI is InChI=1S/C24H29N5O/c1-15(2)22-21(30)9-4-16-10-25-24(27-23(16)22)26-19-5-7-20(8-6-19)29-13-17-11-28(3)12-18(17)14-29/h5-8,10-11,15,18,30H,4,9,12-14H2,1-3H3,(H,25,26,27). The van der Waals surface area contributed by atoms with Crippen LogP contribution in [0.15, 0.2) is 48.0 Å². The number of hydrogen-bond donors (Lipinski definition) is 2. The first-order chi connectivity index (χ1) is 14.5. The van der Waals surface area contributed by atoms with E-state index in [-0.39, 0.29) is 5.92 Å². The molecule has 1 aromatic carbocycles. The van der Waals surface area contributed by atoms with Crippen molar-refractivity contribution in [1.82, 2.24) is 14.9 Å². The molecule has 1 unspecified atom stereocenters. The van der Waals surface area contributed by atoms with Crippen LogP contribution in [0.4, 0.5) is 17.3 Å². The van der Waals surface area contributed by atoms with Gasteiger partial charge in [-0.25, -0.2) is 9.97 Å². The minimum Gasteiger partial charge on any atom is -0.512 e. The first-order valence-corrected chi connectivity index (χ1v) is 10.8. The average Bonchev–Trinajstić information content (AvgIpc) is 3.25. The second-order valence-electron chi connectivity index (χ2n) is 8.98. The minimum absolute atomic E-state index is 0.223. The molecular formula is C24H29N5O. The van der Waals surface area contributed by atoms with Gasteiger partial charge in [0, 0.05) is 68.4 Å². The van der Waals surface area contributed by atoms with Crippen molar-refractivity contribution >= 4 is 22.9 Å². The number of nitrogens with one attached hydrogen (secondary N) is 1. The van der Waals surface area contributed by atoms with Gasteiger partial charge in [0.05, 0.1) is 11.5 Å². The number of aryl methyl sites for hydroxylation is 1. The van der Waals surface area contributed by atoms with E-state index in [4.69, 9.17) is 4.98 Å². The lowest BCUT2D eigenvalue weighted by molar-refractivity contribution is 0.383. The Morgan fingerprint density at radius 3 is 2.67 bits per heavy atom. The van der Waals surface area contributed by atoms with Gasteiger partial charge in [0.15, 0.2) is 0 Å². The lowest BCUT2D eigenvalue weighted by atomic mass is 9.88. The lowest BCUT2D eigenvalue weighted by Crippen LogP contribution is -2.23. The molecular weight excluding hydrogens is 374 g/mol. The zero-order valence-electron chi connectivity index (χ0n) is 17.9. The van der Waals surface area contributed by atoms with Gasteiger partial charge in [-0.2, -0.15) is 0 Å². The molecule has 2 aromatic rings. The van der Waals surface area contributed by atoms with E-state index < -0.39 is 0 Å². The molecule has 6 heteroatoms. The summed E-state index contributed by atoms with van der Waals surface area (Å²) < 4.78 is 0. The lowest BCUT2D eigenvalue weighted by Gasteiger charge is -2.22. The summed E-state index contributed by atoms with van der Waals surface area (Å²) in [6, 6.07) is 8.50. The van der Waals surface area contributed by atoms with E-state index in [1.54, 1.807) is 5.57 Å². The second kappa shape index (κ2) is 7.35. The van der Waals surface area contributed by atoms with Crippen LogP contribution in [0.5, 0.6) is 0 Å². The maximum atomic E-state index is 10.4. The van der Waals surface area contributed by atoms with Crippen LogP contribution in [-0.4, -0.2) is 46.7 Å². The van der Waals surface area contributed by atoms with Gasteiger partial charge >= 0.3 is 0 Å². The molecule has 5 rings (SSSR count). The topological polar surface area (TPSA) is 64.5 Å². The number of aromatic nitrogens is 2. The smallest absolute Gasteiger partial charge is 0.227 e. The van der Waals surface area contributed by atoms with Crippen molar-refractivity contribution in [2.75, 3.05) is 36.9 Å². The van der Waals surface area contributed by atoms with Crippen LogP contribution in [0, 0.1) is 11.8 Å². The van der Waals surface area contributed by atoms with Crippen molar-refractivity contribution < 1.29 is 5.11 Å². The number of rotatable bonds is 4. The fraction of sp³-hybridized carbons (Fsp3) is 0.417. The zero-order valence-corrected chi connectivity index (χ0v) is 17.9. The Labute approximate surface area is 178 Å². The first kappa shape index (κ1) is 19.0. The van der Waals surface area contributed by atoms with Crippen LogP contribution >= 0.6 is 0 Å². The van der Waals surface area contributed by atoms with Gasteiger partial charge in [0.25, 0.3) is 0 Å². The Hall–Kier alpha value is -3.02. The van der Waals surface area contributed by atoms with Gasteiger partial charge < -0.3 is 20.2 Å². The minimum atomic E-state index is 0.223. The molecule has 2 N–H and O–H groups in total. The predicted molar refractivity (Wildman–Crippen MR) is 121 cm³/mol. The molecule has 2 aliphatic heterocycles. The van der Waals surface area contributed by atoms with E-state index >= 15 is 0 Å². The van der Waals surface area contributed by atoms with Gasteiger partial charge in [-0.1, -0.05) is 13.8 Å². The Bertz CT molecular complexity index is 1020. The zero-order chi connectivity index (χ0) is 20.8. The van der Waals surface area contributed by atoms with E-state index in [1.807, 2.05) is 6.20 Å². The van der Waals surface area contributed by atoms with Crippen LogP contribution in [0.3, 0.4) is 0 Å². The summed E-state index contributed by atoms with van der Waals surface area (Å²) in [4.78, 5) is 14.0.